The highest BCUT2D eigenvalue weighted by Crippen LogP contribution is 2.32. The molecule has 0 amide bonds. The molecule has 2 N–H and O–H groups in total. The maximum Gasteiger partial charge on any atom is 0.131 e. The quantitative estimate of drug-likeness (QED) is 0.944. The molecule has 0 saturated heterocycles. The minimum atomic E-state index is 0.174. The number of rotatable bonds is 4. The molecule has 21 heavy (non-hydrogen) atoms. The molecular formula is C16H20ClN3O. The molecule has 0 radical (unpaired) electrons. The molecular weight excluding hydrogens is 286 g/mol. The van der Waals surface area contributed by atoms with Crippen LogP contribution in [0, 0.1) is 0 Å². The molecule has 0 aliphatic heterocycles. The molecule has 0 saturated carbocycles. The van der Waals surface area contributed by atoms with E-state index in [1.54, 1.807) is 4.68 Å². The van der Waals surface area contributed by atoms with Crippen molar-refractivity contribution in [2.75, 3.05) is 0 Å². The third kappa shape index (κ3) is 2.65. The van der Waals surface area contributed by atoms with Crippen molar-refractivity contribution in [1.82, 2.24) is 9.78 Å². The molecule has 0 unspecified atom stereocenters. The molecule has 0 bridgehead atoms. The summed E-state index contributed by atoms with van der Waals surface area (Å²) in [6.45, 7) is 2.47. The zero-order valence-corrected chi connectivity index (χ0v) is 13.2. The lowest BCUT2D eigenvalue weighted by Crippen LogP contribution is -2.05. The highest BCUT2D eigenvalue weighted by molar-refractivity contribution is 6.31. The zero-order valence-electron chi connectivity index (χ0n) is 12.4. The summed E-state index contributed by atoms with van der Waals surface area (Å²) < 4.78 is 7.68. The number of hydrogen-bond donors (Lipinski definition) is 1. The SMILES string of the molecule is CCc1nn(C)c(COc2ccc3c(c2)CC[C@H]3N)c1Cl. The van der Waals surface area contributed by atoms with Crippen molar-refractivity contribution in [3.63, 3.8) is 0 Å². The Balaban J connectivity index is 1.75. The lowest BCUT2D eigenvalue weighted by molar-refractivity contribution is 0.294. The van der Waals surface area contributed by atoms with Gasteiger partial charge in [0.25, 0.3) is 0 Å². The summed E-state index contributed by atoms with van der Waals surface area (Å²) >= 11 is 6.33. The van der Waals surface area contributed by atoms with Gasteiger partial charge in [0.1, 0.15) is 12.4 Å². The average molecular weight is 306 g/mol. The third-order valence-electron chi connectivity index (χ3n) is 4.12. The number of ether oxygens (including phenoxy) is 1. The largest absolute Gasteiger partial charge is 0.487 e. The van der Waals surface area contributed by atoms with Gasteiger partial charge in [-0.3, -0.25) is 4.68 Å². The van der Waals surface area contributed by atoms with Crippen molar-refractivity contribution in [2.45, 2.75) is 38.8 Å². The topological polar surface area (TPSA) is 53.1 Å². The van der Waals surface area contributed by atoms with Gasteiger partial charge in [0, 0.05) is 13.1 Å². The molecule has 3 rings (SSSR count). The van der Waals surface area contributed by atoms with Crippen molar-refractivity contribution in [3.05, 3.63) is 45.7 Å². The molecule has 0 spiro atoms. The zero-order chi connectivity index (χ0) is 15.0. The Hall–Kier alpha value is -1.52. The van der Waals surface area contributed by atoms with Crippen LogP contribution in [0.25, 0.3) is 0 Å². The lowest BCUT2D eigenvalue weighted by atomic mass is 10.1. The maximum absolute atomic E-state index is 6.33. The van der Waals surface area contributed by atoms with Gasteiger partial charge >= 0.3 is 0 Å². The van der Waals surface area contributed by atoms with Gasteiger partial charge in [-0.2, -0.15) is 5.10 Å². The molecule has 1 aliphatic rings. The van der Waals surface area contributed by atoms with Crippen LogP contribution in [0.1, 0.15) is 41.9 Å². The fourth-order valence-electron chi connectivity index (χ4n) is 2.84. The summed E-state index contributed by atoms with van der Waals surface area (Å²) in [5.41, 5.74) is 10.4. The maximum atomic E-state index is 6.33. The van der Waals surface area contributed by atoms with Crippen molar-refractivity contribution in [1.29, 1.82) is 0 Å². The number of aryl methyl sites for hydroxylation is 3. The molecule has 2 aromatic rings. The van der Waals surface area contributed by atoms with Crippen molar-refractivity contribution >= 4 is 11.6 Å². The second kappa shape index (κ2) is 5.70. The summed E-state index contributed by atoms with van der Waals surface area (Å²) in [5.74, 6) is 0.859. The van der Waals surface area contributed by atoms with Crippen LogP contribution in [-0.4, -0.2) is 9.78 Å². The Labute approximate surface area is 129 Å². The van der Waals surface area contributed by atoms with Crippen LogP contribution in [0.2, 0.25) is 5.02 Å². The molecule has 1 atom stereocenters. The van der Waals surface area contributed by atoms with Gasteiger partial charge in [-0.1, -0.05) is 24.6 Å². The van der Waals surface area contributed by atoms with E-state index in [9.17, 15) is 0 Å². The summed E-state index contributed by atoms with van der Waals surface area (Å²) in [7, 11) is 1.89. The molecule has 0 fully saturated rings. The molecule has 4 nitrogen and oxygen atoms in total. The number of hydrogen-bond acceptors (Lipinski definition) is 3. The first-order valence-electron chi connectivity index (χ1n) is 7.31. The molecule has 1 aliphatic carbocycles. The van der Waals surface area contributed by atoms with E-state index in [1.807, 2.05) is 20.0 Å². The number of aromatic nitrogens is 2. The Morgan fingerprint density at radius 3 is 3.00 bits per heavy atom. The third-order valence-corrected chi connectivity index (χ3v) is 4.55. The van der Waals surface area contributed by atoms with Crippen LogP contribution >= 0.6 is 11.6 Å². The standard InChI is InChI=1S/C16H20ClN3O/c1-3-14-16(17)15(20(2)19-14)9-21-11-5-6-12-10(8-11)4-7-13(12)18/h5-6,8,13H,3-4,7,9,18H2,1-2H3/t13-/m1/s1. The summed E-state index contributed by atoms with van der Waals surface area (Å²) in [4.78, 5) is 0. The Kier molecular flexibility index (Phi) is 3.91. The van der Waals surface area contributed by atoms with Gasteiger partial charge in [-0.05, 0) is 42.5 Å². The summed E-state index contributed by atoms with van der Waals surface area (Å²) in [6.07, 6.45) is 2.87. The van der Waals surface area contributed by atoms with Crippen molar-refractivity contribution < 1.29 is 4.74 Å². The first kappa shape index (κ1) is 14.4. The smallest absolute Gasteiger partial charge is 0.131 e. The van der Waals surface area contributed by atoms with Gasteiger partial charge in [-0.25, -0.2) is 0 Å². The van der Waals surface area contributed by atoms with Gasteiger partial charge in [-0.15, -0.1) is 0 Å². The minimum Gasteiger partial charge on any atom is -0.487 e. The van der Waals surface area contributed by atoms with Gasteiger partial charge < -0.3 is 10.5 Å². The Morgan fingerprint density at radius 1 is 1.48 bits per heavy atom. The minimum absolute atomic E-state index is 0.174. The second-order valence-electron chi connectivity index (χ2n) is 5.48. The molecule has 5 heteroatoms. The monoisotopic (exact) mass is 305 g/mol. The van der Waals surface area contributed by atoms with Gasteiger partial charge in [0.15, 0.2) is 0 Å². The summed E-state index contributed by atoms with van der Waals surface area (Å²) in [5, 5.41) is 5.11. The van der Waals surface area contributed by atoms with E-state index in [0.29, 0.717) is 11.6 Å². The van der Waals surface area contributed by atoms with Crippen LogP contribution in [0.15, 0.2) is 18.2 Å². The number of nitrogens with zero attached hydrogens (tertiary/aromatic N) is 2. The second-order valence-corrected chi connectivity index (χ2v) is 5.86. The van der Waals surface area contributed by atoms with E-state index in [0.717, 1.165) is 36.4 Å². The fourth-order valence-corrected chi connectivity index (χ4v) is 3.19. The van der Waals surface area contributed by atoms with Crippen LogP contribution in [-0.2, 0) is 26.5 Å². The van der Waals surface area contributed by atoms with Crippen LogP contribution < -0.4 is 10.5 Å². The van der Waals surface area contributed by atoms with Gasteiger partial charge in [0.2, 0.25) is 0 Å². The van der Waals surface area contributed by atoms with E-state index in [-0.39, 0.29) is 6.04 Å². The molecule has 112 valence electrons. The van der Waals surface area contributed by atoms with E-state index in [2.05, 4.69) is 17.2 Å². The highest BCUT2D eigenvalue weighted by Gasteiger charge is 2.19. The Morgan fingerprint density at radius 2 is 2.29 bits per heavy atom. The van der Waals surface area contributed by atoms with E-state index in [4.69, 9.17) is 22.1 Å². The first-order chi connectivity index (χ1) is 10.1. The number of fused-ring (bicyclic) bond motifs is 1. The van der Waals surface area contributed by atoms with E-state index < -0.39 is 0 Å². The number of halogens is 1. The van der Waals surface area contributed by atoms with Crippen LogP contribution in [0.4, 0.5) is 0 Å². The predicted octanol–water partition coefficient (Wildman–Crippen LogP) is 3.16. The summed E-state index contributed by atoms with van der Waals surface area (Å²) in [6, 6.07) is 6.32. The van der Waals surface area contributed by atoms with E-state index in [1.165, 1.54) is 11.1 Å². The normalized spacial score (nSPS) is 17.0. The molecule has 1 heterocycles. The van der Waals surface area contributed by atoms with Gasteiger partial charge in [0.05, 0.1) is 16.4 Å². The molecule has 1 aromatic heterocycles. The predicted molar refractivity (Wildman–Crippen MR) is 83.6 cm³/mol. The number of benzene rings is 1. The highest BCUT2D eigenvalue weighted by atomic mass is 35.5. The molecule has 1 aromatic carbocycles. The fraction of sp³-hybridized carbons (Fsp3) is 0.438. The number of nitrogens with two attached hydrogens (primary N) is 1. The van der Waals surface area contributed by atoms with Crippen LogP contribution in [0.3, 0.4) is 0 Å². The first-order valence-corrected chi connectivity index (χ1v) is 7.69. The Bertz CT molecular complexity index is 666. The van der Waals surface area contributed by atoms with E-state index >= 15 is 0 Å². The van der Waals surface area contributed by atoms with Crippen molar-refractivity contribution in [3.8, 4) is 5.75 Å². The average Bonchev–Trinajstić information content (AvgIpc) is 2.98. The lowest BCUT2D eigenvalue weighted by Gasteiger charge is -2.10. The van der Waals surface area contributed by atoms with Crippen LogP contribution in [0.5, 0.6) is 5.75 Å². The van der Waals surface area contributed by atoms with Crippen molar-refractivity contribution in [2.24, 2.45) is 12.8 Å².